The number of thiophene rings is 1. The summed E-state index contributed by atoms with van der Waals surface area (Å²) < 4.78 is 0. The number of hydrogen-bond acceptors (Lipinski definition) is 3. The summed E-state index contributed by atoms with van der Waals surface area (Å²) in [6.45, 7) is 5.12. The van der Waals surface area contributed by atoms with Crippen LogP contribution in [0.5, 0.6) is 0 Å². The molecule has 0 radical (unpaired) electrons. The van der Waals surface area contributed by atoms with Crippen LogP contribution >= 0.6 is 11.3 Å². The lowest BCUT2D eigenvalue weighted by Crippen LogP contribution is -2.18. The first-order valence-corrected chi connectivity index (χ1v) is 5.11. The zero-order chi connectivity index (χ0) is 8.97. The minimum absolute atomic E-state index is 0.290. The third-order valence-corrected chi connectivity index (χ3v) is 2.72. The highest BCUT2D eigenvalue weighted by Gasteiger charge is 1.98. The summed E-state index contributed by atoms with van der Waals surface area (Å²) in [6.07, 6.45) is 1.03. The van der Waals surface area contributed by atoms with Crippen LogP contribution in [0.3, 0.4) is 0 Å². The highest BCUT2D eigenvalue weighted by molar-refractivity contribution is 7.14. The molecular formula is C9H16N2S. The largest absolute Gasteiger partial charge is 0.377 e. The Labute approximate surface area is 77.8 Å². The summed E-state index contributed by atoms with van der Waals surface area (Å²) in [7, 11) is 0. The van der Waals surface area contributed by atoms with Crippen molar-refractivity contribution in [3.63, 3.8) is 0 Å². The first-order valence-electron chi connectivity index (χ1n) is 4.23. The van der Waals surface area contributed by atoms with Crippen molar-refractivity contribution in [2.24, 2.45) is 5.73 Å². The Balaban J connectivity index is 2.29. The zero-order valence-corrected chi connectivity index (χ0v) is 8.45. The van der Waals surface area contributed by atoms with E-state index in [1.807, 2.05) is 6.92 Å². The quantitative estimate of drug-likeness (QED) is 0.753. The van der Waals surface area contributed by atoms with Gasteiger partial charge in [0.1, 0.15) is 0 Å². The van der Waals surface area contributed by atoms with Gasteiger partial charge in [-0.05, 0) is 37.3 Å². The van der Waals surface area contributed by atoms with Crippen molar-refractivity contribution in [2.45, 2.75) is 26.3 Å². The molecule has 0 aromatic carbocycles. The van der Waals surface area contributed by atoms with Gasteiger partial charge in [-0.15, -0.1) is 11.3 Å². The Morgan fingerprint density at radius 3 is 2.92 bits per heavy atom. The number of hydrogen-bond donors (Lipinski definition) is 2. The molecule has 68 valence electrons. The molecule has 0 aliphatic rings. The van der Waals surface area contributed by atoms with Crippen molar-refractivity contribution in [3.8, 4) is 0 Å². The van der Waals surface area contributed by atoms with Gasteiger partial charge in [-0.25, -0.2) is 0 Å². The topological polar surface area (TPSA) is 38.0 Å². The lowest BCUT2D eigenvalue weighted by molar-refractivity contribution is 0.691. The Morgan fingerprint density at radius 2 is 2.42 bits per heavy atom. The van der Waals surface area contributed by atoms with Crippen molar-refractivity contribution in [3.05, 3.63) is 17.0 Å². The maximum absolute atomic E-state index is 5.63. The number of aryl methyl sites for hydroxylation is 1. The predicted molar refractivity (Wildman–Crippen MR) is 55.8 cm³/mol. The molecule has 0 saturated carbocycles. The Hall–Kier alpha value is -0.540. The van der Waals surface area contributed by atoms with Gasteiger partial charge in [0.25, 0.3) is 0 Å². The number of rotatable bonds is 4. The lowest BCUT2D eigenvalue weighted by atomic mass is 10.2. The Morgan fingerprint density at radius 1 is 1.67 bits per heavy atom. The first-order chi connectivity index (χ1) is 5.70. The molecule has 1 heterocycles. The molecule has 3 heteroatoms. The van der Waals surface area contributed by atoms with Crippen molar-refractivity contribution in [2.75, 3.05) is 11.9 Å². The second kappa shape index (κ2) is 4.48. The standard InChI is InChI=1S/C9H16N2S/c1-7-4-6-12-9(7)11-5-3-8(2)10/h4,6,8,11H,3,5,10H2,1-2H3. The molecule has 3 N–H and O–H groups in total. The molecule has 0 amide bonds. The fraction of sp³-hybridized carbons (Fsp3) is 0.556. The molecule has 0 aliphatic heterocycles. The molecule has 0 aliphatic carbocycles. The van der Waals surface area contributed by atoms with E-state index >= 15 is 0 Å². The molecule has 1 aromatic rings. The highest BCUT2D eigenvalue weighted by Crippen LogP contribution is 2.21. The molecule has 0 spiro atoms. The third-order valence-electron chi connectivity index (χ3n) is 1.75. The van der Waals surface area contributed by atoms with E-state index in [1.165, 1.54) is 10.6 Å². The third kappa shape index (κ3) is 2.83. The van der Waals surface area contributed by atoms with Gasteiger partial charge >= 0.3 is 0 Å². The molecule has 1 unspecified atom stereocenters. The van der Waals surface area contributed by atoms with Gasteiger partial charge < -0.3 is 11.1 Å². The van der Waals surface area contributed by atoms with Crippen molar-refractivity contribution in [1.29, 1.82) is 0 Å². The van der Waals surface area contributed by atoms with Gasteiger partial charge in [0.15, 0.2) is 0 Å². The average molecular weight is 184 g/mol. The zero-order valence-electron chi connectivity index (χ0n) is 7.63. The van der Waals surface area contributed by atoms with E-state index in [1.54, 1.807) is 11.3 Å². The van der Waals surface area contributed by atoms with Crippen LogP contribution in [-0.4, -0.2) is 12.6 Å². The maximum Gasteiger partial charge on any atom is 0.0912 e. The van der Waals surface area contributed by atoms with Crippen LogP contribution in [0.15, 0.2) is 11.4 Å². The van der Waals surface area contributed by atoms with Gasteiger partial charge in [-0.2, -0.15) is 0 Å². The van der Waals surface area contributed by atoms with Gasteiger partial charge in [-0.3, -0.25) is 0 Å². The highest BCUT2D eigenvalue weighted by atomic mass is 32.1. The van der Waals surface area contributed by atoms with E-state index in [9.17, 15) is 0 Å². The van der Waals surface area contributed by atoms with E-state index < -0.39 is 0 Å². The van der Waals surface area contributed by atoms with E-state index in [4.69, 9.17) is 5.73 Å². The molecule has 1 rings (SSSR count). The van der Waals surface area contributed by atoms with Gasteiger partial charge in [0, 0.05) is 12.6 Å². The molecule has 0 fully saturated rings. The monoisotopic (exact) mass is 184 g/mol. The summed E-state index contributed by atoms with van der Waals surface area (Å²) >= 11 is 1.75. The summed E-state index contributed by atoms with van der Waals surface area (Å²) in [5.41, 5.74) is 6.96. The Bertz CT molecular complexity index is 230. The second-order valence-corrected chi connectivity index (χ2v) is 4.04. The molecular weight excluding hydrogens is 168 g/mol. The summed E-state index contributed by atoms with van der Waals surface area (Å²) in [4.78, 5) is 0. The molecule has 12 heavy (non-hydrogen) atoms. The number of nitrogens with one attached hydrogen (secondary N) is 1. The van der Waals surface area contributed by atoms with Gasteiger partial charge in [0.05, 0.1) is 5.00 Å². The molecule has 2 nitrogen and oxygen atoms in total. The van der Waals surface area contributed by atoms with Crippen LogP contribution in [0.25, 0.3) is 0 Å². The molecule has 1 aromatic heterocycles. The van der Waals surface area contributed by atoms with Crippen LogP contribution < -0.4 is 11.1 Å². The van der Waals surface area contributed by atoms with E-state index in [2.05, 4.69) is 23.7 Å². The second-order valence-electron chi connectivity index (χ2n) is 3.13. The minimum Gasteiger partial charge on any atom is -0.377 e. The summed E-state index contributed by atoms with van der Waals surface area (Å²) in [5, 5.41) is 6.74. The van der Waals surface area contributed by atoms with E-state index in [0.29, 0.717) is 0 Å². The van der Waals surface area contributed by atoms with Crippen LogP contribution in [0.1, 0.15) is 18.9 Å². The molecule has 0 bridgehead atoms. The average Bonchev–Trinajstić information content (AvgIpc) is 2.36. The number of nitrogens with two attached hydrogens (primary N) is 1. The smallest absolute Gasteiger partial charge is 0.0912 e. The van der Waals surface area contributed by atoms with Crippen LogP contribution in [-0.2, 0) is 0 Å². The van der Waals surface area contributed by atoms with Crippen LogP contribution in [0.4, 0.5) is 5.00 Å². The van der Waals surface area contributed by atoms with E-state index in [0.717, 1.165) is 13.0 Å². The lowest BCUT2D eigenvalue weighted by Gasteiger charge is -2.06. The minimum atomic E-state index is 0.290. The normalized spacial score (nSPS) is 12.9. The van der Waals surface area contributed by atoms with Crippen molar-refractivity contribution >= 4 is 16.3 Å². The summed E-state index contributed by atoms with van der Waals surface area (Å²) in [5.74, 6) is 0. The van der Waals surface area contributed by atoms with Crippen LogP contribution in [0, 0.1) is 6.92 Å². The van der Waals surface area contributed by atoms with Crippen LogP contribution in [0.2, 0.25) is 0 Å². The molecule has 1 atom stereocenters. The van der Waals surface area contributed by atoms with E-state index in [-0.39, 0.29) is 6.04 Å². The fourth-order valence-corrected chi connectivity index (χ4v) is 1.81. The number of anilines is 1. The Kier molecular flexibility index (Phi) is 3.56. The van der Waals surface area contributed by atoms with Gasteiger partial charge in [0.2, 0.25) is 0 Å². The summed E-state index contributed by atoms with van der Waals surface area (Å²) in [6, 6.07) is 2.41. The fourth-order valence-electron chi connectivity index (χ4n) is 0.967. The maximum atomic E-state index is 5.63. The van der Waals surface area contributed by atoms with Crippen molar-refractivity contribution < 1.29 is 0 Å². The SMILES string of the molecule is Cc1ccsc1NCCC(C)N. The predicted octanol–water partition coefficient (Wildman–Crippen LogP) is 2.21. The van der Waals surface area contributed by atoms with Gasteiger partial charge in [-0.1, -0.05) is 0 Å². The molecule has 0 saturated heterocycles. The first kappa shape index (κ1) is 9.55. The van der Waals surface area contributed by atoms with Crippen molar-refractivity contribution in [1.82, 2.24) is 0 Å².